The molecule has 7 rings (SSSR count). The lowest BCUT2D eigenvalue weighted by atomic mass is 9.98. The largest absolute Gasteiger partial charge is 0.479 e. The zero-order valence-corrected chi connectivity index (χ0v) is 38.4. The number of likely N-dealkylation sites (tertiary alicyclic amines) is 1. The van der Waals surface area contributed by atoms with Crippen LogP contribution in [0.5, 0.6) is 5.75 Å². The first-order chi connectivity index (χ1) is 31.9. The lowest BCUT2D eigenvalue weighted by Crippen LogP contribution is -2.41. The number of imidazole rings is 2. The highest BCUT2D eigenvalue weighted by Crippen LogP contribution is 2.32. The highest BCUT2D eigenvalue weighted by atomic mass is 16.6. The summed E-state index contributed by atoms with van der Waals surface area (Å²) < 4.78 is 18.3. The maximum atomic E-state index is 13.8. The third kappa shape index (κ3) is 10.8. The Morgan fingerprint density at radius 1 is 0.836 bits per heavy atom. The molecule has 1 aliphatic rings. The topological polar surface area (TPSA) is 262 Å². The molecular formula is C46H53N13O8. The van der Waals surface area contributed by atoms with Crippen LogP contribution in [0.25, 0.3) is 22.2 Å². The fourth-order valence-corrected chi connectivity index (χ4v) is 7.61. The number of piperidine rings is 1. The number of nitrogens with zero attached hydrogens (tertiary/aromatic N) is 10. The molecule has 5 aromatic heterocycles. The van der Waals surface area contributed by atoms with E-state index in [2.05, 4.69) is 42.6 Å². The molecule has 1 fully saturated rings. The molecule has 0 bridgehead atoms. The zero-order valence-electron chi connectivity index (χ0n) is 38.4. The molecule has 6 heterocycles. The molecule has 0 saturated carbocycles. The van der Waals surface area contributed by atoms with Crippen molar-refractivity contribution in [2.75, 3.05) is 30.3 Å². The monoisotopic (exact) mass is 915 g/mol. The van der Waals surface area contributed by atoms with Gasteiger partial charge in [0.15, 0.2) is 5.65 Å². The summed E-state index contributed by atoms with van der Waals surface area (Å²) in [7, 11) is 0. The molecule has 21 nitrogen and oxygen atoms in total. The van der Waals surface area contributed by atoms with Gasteiger partial charge >= 0.3 is 12.1 Å². The minimum Gasteiger partial charge on any atom is -0.479 e. The Labute approximate surface area is 385 Å². The molecule has 0 unspecified atom stereocenters. The van der Waals surface area contributed by atoms with Gasteiger partial charge in [-0.1, -0.05) is 24.0 Å². The third-order valence-electron chi connectivity index (χ3n) is 10.7. The third-order valence-corrected chi connectivity index (χ3v) is 10.7. The van der Waals surface area contributed by atoms with E-state index >= 15 is 0 Å². The average Bonchev–Trinajstić information content (AvgIpc) is 4.05. The minimum absolute atomic E-state index is 0.0249. The molecule has 0 spiro atoms. The summed E-state index contributed by atoms with van der Waals surface area (Å²) in [6.45, 7) is 14.9. The number of aromatic carboxylic acids is 1. The number of ether oxygens (including phenoxy) is 2. The van der Waals surface area contributed by atoms with Crippen LogP contribution in [-0.4, -0.2) is 109 Å². The number of benzene rings is 1. The standard InChI is InChI=1S/C46H53N13O8/c1-8-58-34(21-27(3)53-58)40(61)51-43-49-32-23-30(38(47)60)25-36(66-20-12-13-29-14-18-55(19-15-29)45(65)67-46(5,6)7)37(32)56(43)16-10-11-17-57-39-33(24-31(26-48-39)42(63)64)50-44(57)52-41(62)35-22-28(4)54-59(35)9-2/h10-11,21-26,29H,8-9,14-20H2,1-7H3,(H2,47,60)(H,63,64)(H,49,51,61)(H,50,52,62). The number of pyridine rings is 1. The van der Waals surface area contributed by atoms with Crippen molar-refractivity contribution in [3.63, 3.8) is 0 Å². The number of amides is 4. The van der Waals surface area contributed by atoms with Crippen LogP contribution >= 0.6 is 0 Å². The normalized spacial score (nSPS) is 13.2. The summed E-state index contributed by atoms with van der Waals surface area (Å²) in [5.74, 6) is 4.02. The van der Waals surface area contributed by atoms with Crippen molar-refractivity contribution < 1.29 is 38.6 Å². The molecule has 0 atom stereocenters. The SMILES string of the molecule is CCn1nc(C)cc1C(=O)Nc1nc2cc(C(=O)O)cnc2n1CC=CCn1c(NC(=O)c2cc(C)nn2CC)nc2cc(C(N)=O)cc(OCC#CC3CCN(C(=O)OC(C)(C)C)CC3)c21. The molecule has 1 aromatic carbocycles. The first-order valence-electron chi connectivity index (χ1n) is 21.8. The highest BCUT2D eigenvalue weighted by Gasteiger charge is 2.27. The summed E-state index contributed by atoms with van der Waals surface area (Å²) in [4.78, 5) is 79.7. The average molecular weight is 916 g/mol. The van der Waals surface area contributed by atoms with E-state index in [9.17, 15) is 29.1 Å². The number of carboxylic acids is 1. The molecule has 0 aliphatic carbocycles. The number of allylic oxidation sites excluding steroid dienone is 2. The molecule has 4 amide bonds. The van der Waals surface area contributed by atoms with E-state index in [1.807, 2.05) is 34.6 Å². The maximum Gasteiger partial charge on any atom is 0.410 e. The van der Waals surface area contributed by atoms with Gasteiger partial charge in [0, 0.05) is 56.9 Å². The molecular weight excluding hydrogens is 863 g/mol. The van der Waals surface area contributed by atoms with E-state index in [-0.39, 0.29) is 66.0 Å². The van der Waals surface area contributed by atoms with Crippen molar-refractivity contribution in [1.82, 2.24) is 48.5 Å². The maximum absolute atomic E-state index is 13.8. The van der Waals surface area contributed by atoms with E-state index in [0.717, 1.165) is 0 Å². The van der Waals surface area contributed by atoms with E-state index in [1.54, 1.807) is 61.5 Å². The Morgan fingerprint density at radius 3 is 1.97 bits per heavy atom. The van der Waals surface area contributed by atoms with Crippen molar-refractivity contribution in [3.8, 4) is 17.6 Å². The van der Waals surface area contributed by atoms with Gasteiger partial charge in [0.05, 0.1) is 22.5 Å². The molecule has 0 radical (unpaired) electrons. The number of hydrogen-bond donors (Lipinski definition) is 4. The molecule has 67 heavy (non-hydrogen) atoms. The van der Waals surface area contributed by atoms with E-state index in [4.69, 9.17) is 20.2 Å². The zero-order chi connectivity index (χ0) is 48.2. The second kappa shape index (κ2) is 19.6. The van der Waals surface area contributed by atoms with Crippen molar-refractivity contribution in [1.29, 1.82) is 0 Å². The number of carbonyl (C=O) groups is 5. The Bertz CT molecular complexity index is 2980. The van der Waals surface area contributed by atoms with Crippen LogP contribution in [-0.2, 0) is 30.9 Å². The van der Waals surface area contributed by atoms with Crippen molar-refractivity contribution >= 4 is 63.9 Å². The van der Waals surface area contributed by atoms with Crippen LogP contribution in [0.3, 0.4) is 0 Å². The minimum atomic E-state index is -1.18. The molecule has 5 N–H and O–H groups in total. The molecule has 1 saturated heterocycles. The van der Waals surface area contributed by atoms with Crippen LogP contribution in [0.4, 0.5) is 16.7 Å². The summed E-state index contributed by atoms with van der Waals surface area (Å²) in [5.41, 5.74) is 8.48. The highest BCUT2D eigenvalue weighted by molar-refractivity contribution is 6.05. The second-order valence-electron chi connectivity index (χ2n) is 16.9. The number of hydrogen-bond acceptors (Lipinski definition) is 12. The fourth-order valence-electron chi connectivity index (χ4n) is 7.61. The number of aromatic nitrogens is 9. The lowest BCUT2D eigenvalue weighted by molar-refractivity contribution is 0.0199. The van der Waals surface area contributed by atoms with Gasteiger partial charge in [0.1, 0.15) is 40.4 Å². The number of carbonyl (C=O) groups excluding carboxylic acids is 4. The number of rotatable bonds is 14. The van der Waals surface area contributed by atoms with Gasteiger partial charge in [0.2, 0.25) is 17.8 Å². The van der Waals surface area contributed by atoms with Gasteiger partial charge in [-0.05, 0) is 91.6 Å². The number of carboxylic acid groups (broad SMARTS) is 1. The smallest absolute Gasteiger partial charge is 0.410 e. The number of anilines is 2. The second-order valence-corrected chi connectivity index (χ2v) is 16.9. The lowest BCUT2D eigenvalue weighted by Gasteiger charge is -2.31. The van der Waals surface area contributed by atoms with E-state index in [0.29, 0.717) is 78.5 Å². The number of nitrogens with two attached hydrogens (primary N) is 1. The summed E-state index contributed by atoms with van der Waals surface area (Å²) in [6.07, 6.45) is 5.78. The molecule has 6 aromatic rings. The Balaban J connectivity index is 1.19. The van der Waals surface area contributed by atoms with E-state index < -0.39 is 29.3 Å². The Kier molecular flexibility index (Phi) is 13.7. The van der Waals surface area contributed by atoms with Crippen molar-refractivity contribution in [2.24, 2.45) is 11.7 Å². The van der Waals surface area contributed by atoms with Crippen LogP contribution < -0.4 is 21.1 Å². The summed E-state index contributed by atoms with van der Waals surface area (Å²) in [6, 6.07) is 7.72. The molecule has 21 heteroatoms. The van der Waals surface area contributed by atoms with Crippen molar-refractivity contribution in [2.45, 2.75) is 93.1 Å². The van der Waals surface area contributed by atoms with Crippen LogP contribution in [0.2, 0.25) is 0 Å². The van der Waals surface area contributed by atoms with E-state index in [1.165, 1.54) is 24.4 Å². The van der Waals surface area contributed by atoms with Crippen LogP contribution in [0.1, 0.15) is 101 Å². The first-order valence-corrected chi connectivity index (χ1v) is 21.8. The quantitative estimate of drug-likeness (QED) is 0.0787. The van der Waals surface area contributed by atoms with Gasteiger partial charge in [0.25, 0.3) is 11.8 Å². The van der Waals surface area contributed by atoms with Crippen LogP contribution in [0.15, 0.2) is 48.7 Å². The molecule has 1 aliphatic heterocycles. The number of aryl methyl sites for hydroxylation is 4. The first kappa shape index (κ1) is 47.0. The predicted octanol–water partition coefficient (Wildman–Crippen LogP) is 5.42. The van der Waals surface area contributed by atoms with Crippen LogP contribution in [0, 0.1) is 31.6 Å². The Morgan fingerprint density at radius 2 is 1.40 bits per heavy atom. The van der Waals surface area contributed by atoms with Gasteiger partial charge in [-0.2, -0.15) is 10.2 Å². The molecule has 350 valence electrons. The van der Waals surface area contributed by atoms with Gasteiger partial charge in [-0.15, -0.1) is 0 Å². The van der Waals surface area contributed by atoms with Gasteiger partial charge in [-0.3, -0.25) is 38.9 Å². The predicted molar refractivity (Wildman–Crippen MR) is 247 cm³/mol. The van der Waals surface area contributed by atoms with Gasteiger partial charge < -0.3 is 29.8 Å². The number of nitrogens with one attached hydrogen (secondary N) is 2. The number of fused-ring (bicyclic) bond motifs is 2. The summed E-state index contributed by atoms with van der Waals surface area (Å²) in [5, 5.41) is 24.2. The number of primary amides is 1. The summed E-state index contributed by atoms with van der Waals surface area (Å²) >= 11 is 0. The van der Waals surface area contributed by atoms with Crippen molar-refractivity contribution in [3.05, 3.63) is 82.6 Å². The fraction of sp³-hybridized carbons (Fsp3) is 0.391. The van der Waals surface area contributed by atoms with Gasteiger partial charge in [-0.25, -0.2) is 24.5 Å². The Hall–Kier alpha value is -8.02.